The number of nitrogens with zero attached hydrogens (tertiary/aromatic N) is 1. The van der Waals surface area contributed by atoms with E-state index >= 15 is 0 Å². The highest BCUT2D eigenvalue weighted by atomic mass is 16.2. The molecule has 0 fully saturated rings. The maximum atomic E-state index is 12.0. The molecule has 2 amide bonds. The van der Waals surface area contributed by atoms with Crippen LogP contribution < -0.4 is 16.0 Å². The summed E-state index contributed by atoms with van der Waals surface area (Å²) in [5.41, 5.74) is 1.17. The molecule has 1 heterocycles. The average Bonchev–Trinajstić information content (AvgIpc) is 2.43. The van der Waals surface area contributed by atoms with Crippen LogP contribution in [0, 0.1) is 0 Å². The molecule has 104 valence electrons. The highest BCUT2D eigenvalue weighted by Gasteiger charge is 2.12. The second-order valence-electron chi connectivity index (χ2n) is 3.98. The van der Waals surface area contributed by atoms with Gasteiger partial charge in [-0.15, -0.1) is 0 Å². The third-order valence-electron chi connectivity index (χ3n) is 2.41. The third kappa shape index (κ3) is 4.95. The minimum Gasteiger partial charge on any atom is -0.384 e. The van der Waals surface area contributed by atoms with Crippen LogP contribution in [0.3, 0.4) is 0 Å². The molecular formula is C13H20N4O2. The van der Waals surface area contributed by atoms with Crippen LogP contribution in [0.1, 0.15) is 30.6 Å². The number of anilines is 1. The predicted octanol–water partition coefficient (Wildman–Crippen LogP) is 0.769. The zero-order valence-corrected chi connectivity index (χ0v) is 11.3. The molecule has 0 aliphatic rings. The largest absolute Gasteiger partial charge is 0.384 e. The Hall–Kier alpha value is -2.11. The van der Waals surface area contributed by atoms with Crippen LogP contribution in [0.25, 0.3) is 0 Å². The second kappa shape index (κ2) is 8.07. The molecule has 0 aliphatic heterocycles. The fraction of sp³-hybridized carbons (Fsp3) is 0.462. The average molecular weight is 264 g/mol. The highest BCUT2D eigenvalue weighted by Crippen LogP contribution is 2.13. The lowest BCUT2D eigenvalue weighted by molar-refractivity contribution is -0.120. The molecule has 0 spiro atoms. The van der Waals surface area contributed by atoms with E-state index in [1.165, 1.54) is 6.20 Å². The number of likely N-dealkylation sites (N-methyl/N-ethyl adjacent to an activating group) is 1. The van der Waals surface area contributed by atoms with E-state index in [1.807, 2.05) is 13.8 Å². The van der Waals surface area contributed by atoms with E-state index in [-0.39, 0.29) is 18.4 Å². The standard InChI is InChI=1S/C13H20N4O2/c1-3-6-16-11-5-7-14-8-10(11)13(19)17-9-12(18)15-4-2/h5,7-8H,3-4,6,9H2,1-2H3,(H,14,16)(H,15,18)(H,17,19). The Morgan fingerprint density at radius 1 is 1.26 bits per heavy atom. The fourth-order valence-electron chi connectivity index (χ4n) is 1.50. The molecule has 0 atom stereocenters. The Balaban J connectivity index is 2.63. The molecule has 1 aromatic rings. The summed E-state index contributed by atoms with van der Waals surface area (Å²) < 4.78 is 0. The normalized spacial score (nSPS) is 9.79. The summed E-state index contributed by atoms with van der Waals surface area (Å²) in [5.74, 6) is -0.513. The predicted molar refractivity (Wildman–Crippen MR) is 74.0 cm³/mol. The number of rotatable bonds is 7. The SMILES string of the molecule is CCCNc1ccncc1C(=O)NCC(=O)NCC. The van der Waals surface area contributed by atoms with Gasteiger partial charge in [-0.1, -0.05) is 6.92 Å². The van der Waals surface area contributed by atoms with E-state index in [0.29, 0.717) is 12.1 Å². The zero-order chi connectivity index (χ0) is 14.1. The summed E-state index contributed by atoms with van der Waals surface area (Å²) in [4.78, 5) is 27.2. The number of nitrogens with one attached hydrogen (secondary N) is 3. The maximum absolute atomic E-state index is 12.0. The molecule has 0 radical (unpaired) electrons. The van der Waals surface area contributed by atoms with Crippen LogP contribution in [-0.4, -0.2) is 36.4 Å². The lowest BCUT2D eigenvalue weighted by Crippen LogP contribution is -2.37. The molecule has 0 saturated heterocycles. The molecule has 0 saturated carbocycles. The third-order valence-corrected chi connectivity index (χ3v) is 2.41. The first-order chi connectivity index (χ1) is 9.19. The van der Waals surface area contributed by atoms with Gasteiger partial charge in [-0.2, -0.15) is 0 Å². The van der Waals surface area contributed by atoms with Crippen LogP contribution in [0.5, 0.6) is 0 Å². The molecule has 0 aromatic carbocycles. The van der Waals surface area contributed by atoms with Gasteiger partial charge in [0.25, 0.3) is 5.91 Å². The first-order valence-corrected chi connectivity index (χ1v) is 6.41. The molecule has 19 heavy (non-hydrogen) atoms. The number of pyridine rings is 1. The Kier molecular flexibility index (Phi) is 6.35. The van der Waals surface area contributed by atoms with E-state index in [4.69, 9.17) is 0 Å². The van der Waals surface area contributed by atoms with Crippen LogP contribution in [-0.2, 0) is 4.79 Å². The lowest BCUT2D eigenvalue weighted by atomic mass is 10.2. The number of amides is 2. The van der Waals surface area contributed by atoms with Gasteiger partial charge in [0.2, 0.25) is 5.91 Å². The van der Waals surface area contributed by atoms with Gasteiger partial charge in [-0.3, -0.25) is 14.6 Å². The van der Waals surface area contributed by atoms with E-state index in [9.17, 15) is 9.59 Å². The van der Waals surface area contributed by atoms with Crippen molar-refractivity contribution in [3.8, 4) is 0 Å². The summed E-state index contributed by atoms with van der Waals surface area (Å²) in [6.45, 7) is 5.16. The van der Waals surface area contributed by atoms with Gasteiger partial charge in [-0.05, 0) is 19.4 Å². The van der Waals surface area contributed by atoms with Gasteiger partial charge < -0.3 is 16.0 Å². The highest BCUT2D eigenvalue weighted by molar-refractivity contribution is 6.00. The fourth-order valence-corrected chi connectivity index (χ4v) is 1.50. The van der Waals surface area contributed by atoms with E-state index in [2.05, 4.69) is 20.9 Å². The number of hydrogen-bond donors (Lipinski definition) is 3. The van der Waals surface area contributed by atoms with E-state index in [1.54, 1.807) is 12.3 Å². The molecule has 6 nitrogen and oxygen atoms in total. The second-order valence-corrected chi connectivity index (χ2v) is 3.98. The van der Waals surface area contributed by atoms with Crippen molar-refractivity contribution in [3.05, 3.63) is 24.0 Å². The summed E-state index contributed by atoms with van der Waals surface area (Å²) in [6, 6.07) is 1.75. The summed E-state index contributed by atoms with van der Waals surface area (Å²) in [6.07, 6.45) is 4.08. The molecule has 0 bridgehead atoms. The first-order valence-electron chi connectivity index (χ1n) is 6.41. The van der Waals surface area contributed by atoms with E-state index < -0.39 is 0 Å². The number of carbonyl (C=O) groups excluding carboxylic acids is 2. The zero-order valence-electron chi connectivity index (χ0n) is 11.3. The maximum Gasteiger partial charge on any atom is 0.255 e. The van der Waals surface area contributed by atoms with Gasteiger partial charge in [0.1, 0.15) is 0 Å². The number of hydrogen-bond acceptors (Lipinski definition) is 4. The van der Waals surface area contributed by atoms with Crippen LogP contribution >= 0.6 is 0 Å². The van der Waals surface area contributed by atoms with Crippen molar-refractivity contribution in [1.82, 2.24) is 15.6 Å². The minimum atomic E-state index is -0.307. The van der Waals surface area contributed by atoms with Crippen molar-refractivity contribution in [1.29, 1.82) is 0 Å². The van der Waals surface area contributed by atoms with Crippen molar-refractivity contribution >= 4 is 17.5 Å². The Bertz CT molecular complexity index is 434. The summed E-state index contributed by atoms with van der Waals surface area (Å²) in [5, 5.41) is 8.34. The molecule has 1 rings (SSSR count). The van der Waals surface area contributed by atoms with Gasteiger partial charge in [0.05, 0.1) is 17.8 Å². The molecular weight excluding hydrogens is 244 g/mol. The number of carbonyl (C=O) groups is 2. The molecule has 6 heteroatoms. The molecule has 0 aliphatic carbocycles. The quantitative estimate of drug-likeness (QED) is 0.679. The van der Waals surface area contributed by atoms with E-state index in [0.717, 1.165) is 18.7 Å². The Morgan fingerprint density at radius 3 is 2.74 bits per heavy atom. The van der Waals surface area contributed by atoms with Gasteiger partial charge >= 0.3 is 0 Å². The van der Waals surface area contributed by atoms with Crippen LogP contribution in [0.4, 0.5) is 5.69 Å². The van der Waals surface area contributed by atoms with Gasteiger partial charge in [0, 0.05) is 25.5 Å². The van der Waals surface area contributed by atoms with Crippen LogP contribution in [0.2, 0.25) is 0 Å². The topological polar surface area (TPSA) is 83.1 Å². The molecule has 0 unspecified atom stereocenters. The van der Waals surface area contributed by atoms with Gasteiger partial charge in [-0.25, -0.2) is 0 Å². The monoisotopic (exact) mass is 264 g/mol. The molecule has 3 N–H and O–H groups in total. The number of aromatic nitrogens is 1. The van der Waals surface area contributed by atoms with Crippen LogP contribution in [0.15, 0.2) is 18.5 Å². The smallest absolute Gasteiger partial charge is 0.255 e. The van der Waals surface area contributed by atoms with Crippen molar-refractivity contribution in [3.63, 3.8) is 0 Å². The summed E-state index contributed by atoms with van der Waals surface area (Å²) in [7, 11) is 0. The first kappa shape index (κ1) is 14.9. The minimum absolute atomic E-state index is 0.0330. The Labute approximate surface area is 113 Å². The Morgan fingerprint density at radius 2 is 2.05 bits per heavy atom. The molecule has 1 aromatic heterocycles. The van der Waals surface area contributed by atoms with Crippen molar-refractivity contribution in [2.75, 3.05) is 25.0 Å². The van der Waals surface area contributed by atoms with Gasteiger partial charge in [0.15, 0.2) is 0 Å². The van der Waals surface area contributed by atoms with Crippen molar-refractivity contribution in [2.45, 2.75) is 20.3 Å². The van der Waals surface area contributed by atoms with Crippen molar-refractivity contribution in [2.24, 2.45) is 0 Å². The van der Waals surface area contributed by atoms with Crippen molar-refractivity contribution < 1.29 is 9.59 Å². The summed E-state index contributed by atoms with van der Waals surface area (Å²) >= 11 is 0. The lowest BCUT2D eigenvalue weighted by Gasteiger charge is -2.11.